The predicted molar refractivity (Wildman–Crippen MR) is 26.7 cm³/mol. The standard InChI is InChI=1S/C5H11N.7Y/c1-2-4-6-5-3-1;;;;;;;/h6H,1-5H2;;;;;;;. The third kappa shape index (κ3) is 32.9. The molecule has 1 rings (SSSR count). The minimum atomic E-state index is 0. The number of rotatable bonds is 0. The van der Waals surface area contributed by atoms with Gasteiger partial charge in [0.15, 0.2) is 0 Å². The summed E-state index contributed by atoms with van der Waals surface area (Å²) < 4.78 is 0. The predicted octanol–water partition coefficient (Wildman–Crippen LogP) is 0.742. The molecule has 57 valence electrons. The van der Waals surface area contributed by atoms with Crippen LogP contribution in [0.2, 0.25) is 0 Å². The van der Waals surface area contributed by atoms with Crippen LogP contribution in [0.4, 0.5) is 0 Å². The third-order valence-electron chi connectivity index (χ3n) is 1.21. The van der Waals surface area contributed by atoms with Gasteiger partial charge in [-0.05, 0) is 25.9 Å². The Labute approximate surface area is 258 Å². The van der Waals surface area contributed by atoms with E-state index in [0.717, 1.165) is 0 Å². The average Bonchev–Trinajstić information content (AvgIpc) is 1.72. The number of nitrogens with one attached hydrogen (secondary N) is 1. The Morgan fingerprint density at radius 3 is 0.846 bits per heavy atom. The molecule has 0 bridgehead atoms. The Hall–Kier alpha value is 7.69. The second-order valence-corrected chi connectivity index (χ2v) is 1.81. The first-order valence-electron chi connectivity index (χ1n) is 2.71. The minimum absolute atomic E-state index is 0. The van der Waals surface area contributed by atoms with Crippen molar-refractivity contribution in [3.8, 4) is 0 Å². The van der Waals surface area contributed by atoms with Crippen LogP contribution in [0.3, 0.4) is 0 Å². The fourth-order valence-electron chi connectivity index (χ4n) is 0.802. The molecule has 1 aliphatic heterocycles. The topological polar surface area (TPSA) is 12.0 Å². The van der Waals surface area contributed by atoms with Crippen molar-refractivity contribution < 1.29 is 229 Å². The van der Waals surface area contributed by atoms with Crippen molar-refractivity contribution in [3.05, 3.63) is 0 Å². The zero-order valence-corrected chi connectivity index (χ0v) is 27.9. The summed E-state index contributed by atoms with van der Waals surface area (Å²) in [6.45, 7) is 2.50. The number of hydrogen-bond acceptors (Lipinski definition) is 1. The van der Waals surface area contributed by atoms with Crippen molar-refractivity contribution in [2.24, 2.45) is 0 Å². The van der Waals surface area contributed by atoms with E-state index in [1.54, 1.807) is 0 Å². The molecule has 13 heavy (non-hydrogen) atoms. The summed E-state index contributed by atoms with van der Waals surface area (Å²) in [6.07, 6.45) is 4.22. The van der Waals surface area contributed by atoms with E-state index in [0.29, 0.717) is 0 Å². The molecule has 0 amide bonds. The van der Waals surface area contributed by atoms with E-state index in [4.69, 9.17) is 0 Å². The summed E-state index contributed by atoms with van der Waals surface area (Å²) in [5.41, 5.74) is 0. The van der Waals surface area contributed by atoms with E-state index in [1.165, 1.54) is 32.4 Å². The maximum atomic E-state index is 3.28. The molecule has 0 saturated carbocycles. The molecule has 1 nitrogen and oxygen atoms in total. The van der Waals surface area contributed by atoms with E-state index < -0.39 is 0 Å². The third-order valence-corrected chi connectivity index (χ3v) is 1.21. The molecule has 0 aromatic heterocycles. The molecule has 8 heteroatoms. The summed E-state index contributed by atoms with van der Waals surface area (Å²) in [7, 11) is 0. The van der Waals surface area contributed by atoms with Crippen LogP contribution in [-0.2, 0) is 229 Å². The van der Waals surface area contributed by atoms with Crippen molar-refractivity contribution in [2.45, 2.75) is 19.3 Å². The maximum absolute atomic E-state index is 3.28. The van der Waals surface area contributed by atoms with Gasteiger partial charge in [0.05, 0.1) is 0 Å². The van der Waals surface area contributed by atoms with E-state index >= 15 is 0 Å². The van der Waals surface area contributed by atoms with Crippen LogP contribution in [0.15, 0.2) is 0 Å². The Morgan fingerprint density at radius 1 is 0.462 bits per heavy atom. The van der Waals surface area contributed by atoms with Gasteiger partial charge in [0.25, 0.3) is 0 Å². The second kappa shape index (κ2) is 36.7. The normalized spacial score (nSPS) is 11.1. The smallest absolute Gasteiger partial charge is 0 e. The van der Waals surface area contributed by atoms with E-state index in [9.17, 15) is 0 Å². The van der Waals surface area contributed by atoms with Crippen LogP contribution in [0.5, 0.6) is 0 Å². The molecule has 1 fully saturated rings. The Balaban J connectivity index is -0.0000000103. The number of hydrogen-bond donors (Lipinski definition) is 1. The van der Waals surface area contributed by atoms with Gasteiger partial charge in [-0.25, -0.2) is 0 Å². The molecule has 1 heterocycles. The van der Waals surface area contributed by atoms with Gasteiger partial charge in [-0.15, -0.1) is 0 Å². The number of piperidine rings is 1. The monoisotopic (exact) mass is 707 g/mol. The first-order chi connectivity index (χ1) is 3.00. The quantitative estimate of drug-likeness (QED) is 0.393. The van der Waals surface area contributed by atoms with Crippen molar-refractivity contribution in [1.29, 1.82) is 0 Å². The van der Waals surface area contributed by atoms with Crippen LogP contribution in [0.1, 0.15) is 19.3 Å². The minimum Gasteiger partial charge on any atom is -0.317 e. The molecule has 0 aliphatic carbocycles. The van der Waals surface area contributed by atoms with Gasteiger partial charge in [0.2, 0.25) is 0 Å². The summed E-state index contributed by atoms with van der Waals surface area (Å²) in [4.78, 5) is 0. The molecule has 1 N–H and O–H groups in total. The van der Waals surface area contributed by atoms with Gasteiger partial charge in [-0.2, -0.15) is 0 Å². The van der Waals surface area contributed by atoms with Crippen LogP contribution in [0.25, 0.3) is 0 Å². The van der Waals surface area contributed by atoms with E-state index in [-0.39, 0.29) is 229 Å². The van der Waals surface area contributed by atoms with E-state index in [1.807, 2.05) is 0 Å². The van der Waals surface area contributed by atoms with Gasteiger partial charge in [0.1, 0.15) is 0 Å². The van der Waals surface area contributed by atoms with Crippen molar-refractivity contribution in [2.75, 3.05) is 13.1 Å². The molecule has 1 aliphatic rings. The summed E-state index contributed by atoms with van der Waals surface area (Å²) >= 11 is 0. The maximum Gasteiger partial charge on any atom is 0 e. The SMILES string of the molecule is C1CCNCC1.[Y].[Y].[Y].[Y].[Y].[Y].[Y]. The molecule has 7 radical (unpaired) electrons. The molecule has 0 unspecified atom stereocenters. The Bertz CT molecular complexity index is 32.4. The molecule has 1 saturated heterocycles. The van der Waals surface area contributed by atoms with Gasteiger partial charge < -0.3 is 5.32 Å². The average molecular weight is 707 g/mol. The van der Waals surface area contributed by atoms with Crippen molar-refractivity contribution in [1.82, 2.24) is 5.32 Å². The zero-order valence-electron chi connectivity index (χ0n) is 8.08. The molecule has 0 aromatic rings. The molecule has 0 aromatic carbocycles. The zero-order chi connectivity index (χ0) is 4.24. The van der Waals surface area contributed by atoms with Gasteiger partial charge in [0, 0.05) is 229 Å². The fourth-order valence-corrected chi connectivity index (χ4v) is 0.802. The van der Waals surface area contributed by atoms with Crippen LogP contribution in [-0.4, -0.2) is 13.1 Å². The van der Waals surface area contributed by atoms with Crippen LogP contribution in [0, 0.1) is 0 Å². The van der Waals surface area contributed by atoms with Crippen molar-refractivity contribution >= 4 is 0 Å². The Kier molecular flexibility index (Phi) is 121. The molecular weight excluding hydrogens is 696 g/mol. The van der Waals surface area contributed by atoms with Crippen LogP contribution < -0.4 is 5.32 Å². The van der Waals surface area contributed by atoms with Gasteiger partial charge in [-0.1, -0.05) is 6.42 Å². The van der Waals surface area contributed by atoms with Gasteiger partial charge >= 0.3 is 0 Å². The summed E-state index contributed by atoms with van der Waals surface area (Å²) in [5, 5.41) is 3.28. The first-order valence-corrected chi connectivity index (χ1v) is 2.71. The van der Waals surface area contributed by atoms with Crippen molar-refractivity contribution in [3.63, 3.8) is 0 Å². The fraction of sp³-hybridized carbons (Fsp3) is 1.00. The van der Waals surface area contributed by atoms with E-state index in [2.05, 4.69) is 5.32 Å². The van der Waals surface area contributed by atoms with Crippen LogP contribution >= 0.6 is 0 Å². The summed E-state index contributed by atoms with van der Waals surface area (Å²) in [5.74, 6) is 0. The first kappa shape index (κ1) is 42.8. The van der Waals surface area contributed by atoms with Gasteiger partial charge in [-0.3, -0.25) is 0 Å². The largest absolute Gasteiger partial charge is 0.317 e. The second-order valence-electron chi connectivity index (χ2n) is 1.81. The Morgan fingerprint density at radius 2 is 0.769 bits per heavy atom. The summed E-state index contributed by atoms with van der Waals surface area (Å²) in [6, 6.07) is 0. The molecule has 0 spiro atoms. The molecule has 0 atom stereocenters. The molecular formula is C5H11NY7.